The van der Waals surface area contributed by atoms with E-state index in [1.165, 1.54) is 38.5 Å². The molecule has 80 valence electrons. The molecule has 14 heavy (non-hydrogen) atoms. The minimum Gasteiger partial charge on any atom is -0.434 e. The van der Waals surface area contributed by atoms with Crippen molar-refractivity contribution >= 4 is 6.92 Å². The Bertz CT molecular complexity index is 155. The molecule has 0 unspecified atom stereocenters. The van der Waals surface area contributed by atoms with Crippen LogP contribution in [0.2, 0.25) is 11.6 Å². The lowest BCUT2D eigenvalue weighted by atomic mass is 9.38. The van der Waals surface area contributed by atoms with E-state index in [1.54, 1.807) is 0 Å². The van der Waals surface area contributed by atoms with Gasteiger partial charge in [0.25, 0.3) is 6.92 Å². The van der Waals surface area contributed by atoms with Gasteiger partial charge in [-0.3, -0.25) is 0 Å². The van der Waals surface area contributed by atoms with Crippen LogP contribution in [-0.4, -0.2) is 27.1 Å². The van der Waals surface area contributed by atoms with E-state index in [0.29, 0.717) is 6.92 Å². The molecule has 3 heteroatoms. The number of nitrogens with one attached hydrogen (secondary N) is 1. The molecule has 0 aliphatic carbocycles. The predicted molar refractivity (Wildman–Crippen MR) is 60.8 cm³/mol. The number of hydrogen-bond donors (Lipinski definition) is 1. The van der Waals surface area contributed by atoms with Crippen LogP contribution in [-0.2, 0) is 4.65 Å². The summed E-state index contributed by atoms with van der Waals surface area (Å²) in [5.41, 5.74) is 0. The molecule has 0 saturated carbocycles. The monoisotopic (exact) mass is 195 g/mol. The quantitative estimate of drug-likeness (QED) is 0.549. The third-order valence-corrected chi connectivity index (χ3v) is 3.89. The van der Waals surface area contributed by atoms with Crippen molar-refractivity contribution in [1.82, 2.24) is 5.32 Å². The fourth-order valence-electron chi connectivity index (χ4n) is 3.18. The van der Waals surface area contributed by atoms with Crippen LogP contribution in [0.1, 0.15) is 38.5 Å². The lowest BCUT2D eigenvalue weighted by molar-refractivity contribution is 0.269. The average molecular weight is 195 g/mol. The van der Waals surface area contributed by atoms with Gasteiger partial charge >= 0.3 is 0 Å². The molecule has 0 radical (unpaired) electrons. The first-order valence-corrected chi connectivity index (χ1v) is 6.18. The summed E-state index contributed by atoms with van der Waals surface area (Å²) in [6.07, 6.45) is 8.56. The molecule has 2 heterocycles. The number of hydrogen-bond acceptors (Lipinski definition) is 2. The molecule has 2 rings (SSSR count). The van der Waals surface area contributed by atoms with E-state index in [9.17, 15) is 0 Å². The van der Waals surface area contributed by atoms with Crippen molar-refractivity contribution in [2.75, 3.05) is 20.2 Å². The van der Waals surface area contributed by atoms with Crippen molar-refractivity contribution in [1.29, 1.82) is 0 Å². The van der Waals surface area contributed by atoms with Crippen molar-refractivity contribution < 1.29 is 4.65 Å². The van der Waals surface area contributed by atoms with E-state index in [0.717, 1.165) is 24.8 Å². The Morgan fingerprint density at radius 2 is 1.71 bits per heavy atom. The van der Waals surface area contributed by atoms with Gasteiger partial charge in [-0.05, 0) is 18.7 Å². The van der Waals surface area contributed by atoms with Gasteiger partial charge in [0.1, 0.15) is 0 Å². The van der Waals surface area contributed by atoms with Gasteiger partial charge in [0.05, 0.1) is 0 Å². The van der Waals surface area contributed by atoms with E-state index >= 15 is 0 Å². The maximum Gasteiger partial charge on any atom is 0.299 e. The van der Waals surface area contributed by atoms with Gasteiger partial charge in [-0.15, -0.1) is 0 Å². The molecule has 2 bridgehead atoms. The molecular formula is C11H22BNO. The first-order valence-electron chi connectivity index (χ1n) is 6.18. The van der Waals surface area contributed by atoms with Crippen molar-refractivity contribution in [3.05, 3.63) is 0 Å². The molecule has 0 aromatic heterocycles. The summed E-state index contributed by atoms with van der Waals surface area (Å²) in [4.78, 5) is 0. The van der Waals surface area contributed by atoms with Gasteiger partial charge in [-0.25, -0.2) is 0 Å². The smallest absolute Gasteiger partial charge is 0.299 e. The highest BCUT2D eigenvalue weighted by Crippen LogP contribution is 2.46. The second-order valence-electron chi connectivity index (χ2n) is 4.82. The number of likely N-dealkylation sites (N-methyl/N-ethyl adjacent to an activating group) is 1. The van der Waals surface area contributed by atoms with Gasteiger partial charge in [0.2, 0.25) is 0 Å². The maximum atomic E-state index is 6.03. The Balaban J connectivity index is 1.82. The summed E-state index contributed by atoms with van der Waals surface area (Å²) in [6, 6.07) is 0. The minimum atomic E-state index is 0.603. The van der Waals surface area contributed by atoms with Gasteiger partial charge in [0.15, 0.2) is 0 Å². The lowest BCUT2D eigenvalue weighted by Gasteiger charge is -2.39. The SMILES string of the molecule is CNCCOB1C2CCCC1CCC2. The predicted octanol–water partition coefficient (Wildman–Crippen LogP) is 2.32. The van der Waals surface area contributed by atoms with Gasteiger partial charge < -0.3 is 9.97 Å². The Labute approximate surface area is 87.9 Å². The fraction of sp³-hybridized carbons (Fsp3) is 1.00. The fourth-order valence-corrected chi connectivity index (χ4v) is 3.18. The Morgan fingerprint density at radius 3 is 2.21 bits per heavy atom. The van der Waals surface area contributed by atoms with Gasteiger partial charge in [-0.1, -0.05) is 38.5 Å². The highest BCUT2D eigenvalue weighted by atomic mass is 16.4. The summed E-state index contributed by atoms with van der Waals surface area (Å²) in [5.74, 6) is 1.78. The average Bonchev–Trinajstić information content (AvgIpc) is 2.17. The van der Waals surface area contributed by atoms with Crippen molar-refractivity contribution in [2.45, 2.75) is 50.2 Å². The largest absolute Gasteiger partial charge is 0.434 e. The molecule has 2 fully saturated rings. The molecule has 0 atom stereocenters. The van der Waals surface area contributed by atoms with Crippen LogP contribution in [0.4, 0.5) is 0 Å². The zero-order chi connectivity index (χ0) is 9.80. The Hall–Kier alpha value is -0.0151. The van der Waals surface area contributed by atoms with E-state index < -0.39 is 0 Å². The normalized spacial score (nSPS) is 31.9. The third-order valence-electron chi connectivity index (χ3n) is 3.89. The molecule has 2 nitrogen and oxygen atoms in total. The topological polar surface area (TPSA) is 21.3 Å². The highest BCUT2D eigenvalue weighted by Gasteiger charge is 2.40. The molecular weight excluding hydrogens is 173 g/mol. The number of fused-ring (bicyclic) bond motifs is 2. The first-order chi connectivity index (χ1) is 6.92. The number of rotatable bonds is 4. The van der Waals surface area contributed by atoms with Crippen molar-refractivity contribution in [2.24, 2.45) is 0 Å². The van der Waals surface area contributed by atoms with E-state index in [2.05, 4.69) is 5.32 Å². The zero-order valence-corrected chi connectivity index (χ0v) is 9.30. The van der Waals surface area contributed by atoms with Crippen LogP contribution < -0.4 is 5.32 Å². The van der Waals surface area contributed by atoms with E-state index in [1.807, 2.05) is 7.05 Å². The van der Waals surface area contributed by atoms with Crippen LogP contribution >= 0.6 is 0 Å². The standard InChI is InChI=1S/C11H22BNO/c1-13-8-9-14-12-10-4-2-5-11(12)7-3-6-10/h10-11,13H,2-9H2,1H3. The molecule has 0 spiro atoms. The second-order valence-corrected chi connectivity index (χ2v) is 4.82. The molecule has 1 N–H and O–H groups in total. The molecule has 0 amide bonds. The van der Waals surface area contributed by atoms with E-state index in [4.69, 9.17) is 4.65 Å². The zero-order valence-electron chi connectivity index (χ0n) is 9.30. The summed E-state index contributed by atoms with van der Waals surface area (Å²) in [7, 11) is 1.99. The summed E-state index contributed by atoms with van der Waals surface area (Å²) in [5, 5.41) is 3.15. The third kappa shape index (κ3) is 2.32. The second kappa shape index (κ2) is 5.17. The molecule has 0 aromatic rings. The van der Waals surface area contributed by atoms with Crippen LogP contribution in [0, 0.1) is 0 Å². The molecule has 2 aliphatic rings. The van der Waals surface area contributed by atoms with Crippen LogP contribution in [0.25, 0.3) is 0 Å². The first kappa shape index (κ1) is 10.5. The summed E-state index contributed by atoms with van der Waals surface area (Å²) < 4.78 is 6.03. The van der Waals surface area contributed by atoms with Gasteiger partial charge in [-0.2, -0.15) is 0 Å². The molecule has 2 aliphatic heterocycles. The summed E-state index contributed by atoms with van der Waals surface area (Å²) in [6.45, 7) is 2.50. The van der Waals surface area contributed by atoms with Crippen LogP contribution in [0.15, 0.2) is 0 Å². The van der Waals surface area contributed by atoms with Gasteiger partial charge in [0, 0.05) is 13.2 Å². The molecule has 0 aromatic carbocycles. The lowest BCUT2D eigenvalue weighted by Crippen LogP contribution is -2.38. The highest BCUT2D eigenvalue weighted by molar-refractivity contribution is 6.56. The summed E-state index contributed by atoms with van der Waals surface area (Å²) >= 11 is 0. The molecule has 2 saturated heterocycles. The van der Waals surface area contributed by atoms with Crippen molar-refractivity contribution in [3.63, 3.8) is 0 Å². The van der Waals surface area contributed by atoms with Crippen LogP contribution in [0.5, 0.6) is 0 Å². The van der Waals surface area contributed by atoms with Crippen molar-refractivity contribution in [3.8, 4) is 0 Å². The van der Waals surface area contributed by atoms with E-state index in [-0.39, 0.29) is 0 Å². The maximum absolute atomic E-state index is 6.03. The minimum absolute atomic E-state index is 0.603. The Kier molecular flexibility index (Phi) is 3.88. The van der Waals surface area contributed by atoms with Crippen LogP contribution in [0.3, 0.4) is 0 Å². The Morgan fingerprint density at radius 1 is 1.14 bits per heavy atom.